The summed E-state index contributed by atoms with van der Waals surface area (Å²) in [5, 5.41) is 7.87. The molecule has 1 saturated heterocycles. The molecule has 3 aromatic heterocycles. The Kier molecular flexibility index (Phi) is 6.23. The van der Waals surface area contributed by atoms with E-state index >= 15 is 0 Å². The summed E-state index contributed by atoms with van der Waals surface area (Å²) in [6.07, 6.45) is 6.19. The summed E-state index contributed by atoms with van der Waals surface area (Å²) in [7, 11) is 2.02. The number of rotatable bonds is 5. The first-order valence-electron chi connectivity index (χ1n) is 12.3. The number of benzene rings is 1. The maximum Gasteiger partial charge on any atom is 0.227 e. The summed E-state index contributed by atoms with van der Waals surface area (Å²) >= 11 is 0. The minimum absolute atomic E-state index is 0.104. The number of piperazine rings is 1. The summed E-state index contributed by atoms with van der Waals surface area (Å²) in [4.78, 5) is 19.3. The van der Waals surface area contributed by atoms with E-state index in [9.17, 15) is 0 Å². The van der Waals surface area contributed by atoms with Crippen LogP contribution in [0.2, 0.25) is 0 Å². The number of imidazole rings is 1. The smallest absolute Gasteiger partial charge is 0.227 e. The van der Waals surface area contributed by atoms with Crippen LogP contribution in [0.4, 0.5) is 5.95 Å². The number of hydrogen-bond donors (Lipinski definition) is 0. The molecule has 5 rings (SSSR count). The van der Waals surface area contributed by atoms with Crippen molar-refractivity contribution in [3.63, 3.8) is 0 Å². The highest BCUT2D eigenvalue weighted by Gasteiger charge is 2.23. The second kappa shape index (κ2) is 9.34. The zero-order valence-corrected chi connectivity index (χ0v) is 21.4. The molecule has 4 aromatic rings. The lowest BCUT2D eigenvalue weighted by Crippen LogP contribution is -2.46. The Morgan fingerprint density at radius 3 is 2.49 bits per heavy atom. The lowest BCUT2D eigenvalue weighted by atomic mass is 9.84. The number of fused-ring (bicyclic) bond motifs is 1. The number of aromatic nitrogens is 6. The van der Waals surface area contributed by atoms with Gasteiger partial charge in [-0.1, -0.05) is 39.0 Å². The average Bonchev–Trinajstić information content (AvgIpc) is 3.22. The van der Waals surface area contributed by atoms with Gasteiger partial charge in [0, 0.05) is 52.4 Å². The molecule has 1 fully saturated rings. The standard InChI is InChI=1S/C27H34N8/c1-19-6-7-22(27(2,3)4)14-21(19)15-23-24-25(28-18-33(24)5)32-26(31-23)35-12-10-34(11-13-35)17-20-8-9-29-30-16-20/h6-9,14,16,18H,10-13,15,17H2,1-5H3. The maximum absolute atomic E-state index is 5.11. The molecule has 0 N–H and O–H groups in total. The predicted molar refractivity (Wildman–Crippen MR) is 139 cm³/mol. The molecule has 8 heteroatoms. The first-order chi connectivity index (χ1) is 16.8. The van der Waals surface area contributed by atoms with Crippen molar-refractivity contribution in [3.05, 3.63) is 70.9 Å². The van der Waals surface area contributed by atoms with Gasteiger partial charge in [-0.2, -0.15) is 15.2 Å². The Bertz CT molecular complexity index is 1310. The Balaban J connectivity index is 1.40. The van der Waals surface area contributed by atoms with Crippen LogP contribution in [0.1, 0.15) is 48.7 Å². The minimum Gasteiger partial charge on any atom is -0.338 e. The molecule has 1 aliphatic heterocycles. The van der Waals surface area contributed by atoms with E-state index in [1.807, 2.05) is 30.2 Å². The van der Waals surface area contributed by atoms with Crippen LogP contribution in [0.3, 0.4) is 0 Å². The number of aryl methyl sites for hydroxylation is 2. The highest BCUT2D eigenvalue weighted by atomic mass is 15.3. The van der Waals surface area contributed by atoms with E-state index in [0.717, 1.165) is 62.0 Å². The molecule has 182 valence electrons. The van der Waals surface area contributed by atoms with Gasteiger partial charge in [0.05, 0.1) is 18.2 Å². The van der Waals surface area contributed by atoms with Gasteiger partial charge in [-0.3, -0.25) is 4.90 Å². The molecule has 1 aliphatic rings. The summed E-state index contributed by atoms with van der Waals surface area (Å²) in [6, 6.07) is 8.84. The molecule has 0 atom stereocenters. The van der Waals surface area contributed by atoms with Gasteiger partial charge in [-0.05, 0) is 40.7 Å². The molecule has 0 aliphatic carbocycles. The Morgan fingerprint density at radius 1 is 0.971 bits per heavy atom. The predicted octanol–water partition coefficient (Wildman–Crippen LogP) is 3.67. The fourth-order valence-electron chi connectivity index (χ4n) is 4.68. The third kappa shape index (κ3) is 5.03. The fourth-order valence-corrected chi connectivity index (χ4v) is 4.68. The summed E-state index contributed by atoms with van der Waals surface area (Å²) < 4.78 is 2.04. The van der Waals surface area contributed by atoms with E-state index in [1.165, 1.54) is 22.3 Å². The summed E-state index contributed by atoms with van der Waals surface area (Å²) in [5.74, 6) is 0.779. The van der Waals surface area contributed by atoms with Crippen LogP contribution in [-0.4, -0.2) is 60.8 Å². The van der Waals surface area contributed by atoms with E-state index in [0.29, 0.717) is 0 Å². The van der Waals surface area contributed by atoms with Gasteiger partial charge in [0.15, 0.2) is 5.65 Å². The van der Waals surface area contributed by atoms with Crippen LogP contribution in [0.25, 0.3) is 11.2 Å². The molecule has 35 heavy (non-hydrogen) atoms. The Hall–Kier alpha value is -3.39. The van der Waals surface area contributed by atoms with E-state index in [1.54, 1.807) is 6.20 Å². The average molecular weight is 471 g/mol. The van der Waals surface area contributed by atoms with Crippen molar-refractivity contribution in [3.8, 4) is 0 Å². The van der Waals surface area contributed by atoms with Gasteiger partial charge in [0.2, 0.25) is 5.95 Å². The normalized spacial score (nSPS) is 15.2. The van der Waals surface area contributed by atoms with E-state index in [2.05, 4.69) is 70.9 Å². The first-order valence-corrected chi connectivity index (χ1v) is 12.3. The molecule has 0 amide bonds. The van der Waals surface area contributed by atoms with Gasteiger partial charge < -0.3 is 9.47 Å². The van der Waals surface area contributed by atoms with Crippen molar-refractivity contribution < 1.29 is 0 Å². The van der Waals surface area contributed by atoms with Crippen molar-refractivity contribution in [1.29, 1.82) is 0 Å². The van der Waals surface area contributed by atoms with Crippen molar-refractivity contribution in [2.24, 2.45) is 7.05 Å². The van der Waals surface area contributed by atoms with Crippen molar-refractivity contribution in [2.75, 3.05) is 31.1 Å². The summed E-state index contributed by atoms with van der Waals surface area (Å²) in [6.45, 7) is 13.5. The van der Waals surface area contributed by atoms with Gasteiger partial charge in [0.1, 0.15) is 5.52 Å². The van der Waals surface area contributed by atoms with Crippen LogP contribution >= 0.6 is 0 Å². The molecule has 8 nitrogen and oxygen atoms in total. The van der Waals surface area contributed by atoms with Gasteiger partial charge in [-0.15, -0.1) is 0 Å². The third-order valence-electron chi connectivity index (χ3n) is 6.91. The molecule has 0 bridgehead atoms. The third-order valence-corrected chi connectivity index (χ3v) is 6.91. The van der Waals surface area contributed by atoms with Crippen LogP contribution in [0.5, 0.6) is 0 Å². The molecule has 0 radical (unpaired) electrons. The van der Waals surface area contributed by atoms with E-state index < -0.39 is 0 Å². The van der Waals surface area contributed by atoms with Crippen LogP contribution in [0, 0.1) is 6.92 Å². The van der Waals surface area contributed by atoms with Crippen molar-refractivity contribution in [1.82, 2.24) is 34.6 Å². The number of hydrogen-bond acceptors (Lipinski definition) is 7. The molecule has 1 aromatic carbocycles. The molecular weight excluding hydrogens is 436 g/mol. The van der Waals surface area contributed by atoms with E-state index in [-0.39, 0.29) is 5.41 Å². The van der Waals surface area contributed by atoms with Crippen molar-refractivity contribution >= 4 is 17.1 Å². The highest BCUT2D eigenvalue weighted by molar-refractivity contribution is 5.75. The highest BCUT2D eigenvalue weighted by Crippen LogP contribution is 2.28. The molecular formula is C27H34N8. The van der Waals surface area contributed by atoms with Gasteiger partial charge in [0.25, 0.3) is 0 Å². The monoisotopic (exact) mass is 470 g/mol. The van der Waals surface area contributed by atoms with Gasteiger partial charge >= 0.3 is 0 Å². The topological polar surface area (TPSA) is 75.9 Å². The number of anilines is 1. The maximum atomic E-state index is 5.11. The largest absolute Gasteiger partial charge is 0.338 e. The molecule has 0 unspecified atom stereocenters. The first kappa shape index (κ1) is 23.4. The van der Waals surface area contributed by atoms with Crippen molar-refractivity contribution in [2.45, 2.75) is 46.1 Å². The second-order valence-corrected chi connectivity index (χ2v) is 10.6. The zero-order chi connectivity index (χ0) is 24.6. The number of nitrogens with zero attached hydrogens (tertiary/aromatic N) is 8. The molecule has 0 spiro atoms. The lowest BCUT2D eigenvalue weighted by molar-refractivity contribution is 0.248. The van der Waals surface area contributed by atoms with E-state index in [4.69, 9.17) is 9.97 Å². The lowest BCUT2D eigenvalue weighted by Gasteiger charge is -2.34. The van der Waals surface area contributed by atoms with Crippen LogP contribution in [-0.2, 0) is 25.4 Å². The zero-order valence-electron chi connectivity index (χ0n) is 21.4. The fraction of sp³-hybridized carbons (Fsp3) is 0.444. The SMILES string of the molecule is Cc1ccc(C(C)(C)C)cc1Cc1nc(N2CCN(Cc3ccnnc3)CC2)nc2ncn(C)c12. The Labute approximate surface area is 207 Å². The van der Waals surface area contributed by atoms with Crippen LogP contribution < -0.4 is 4.90 Å². The van der Waals surface area contributed by atoms with Crippen LogP contribution in [0.15, 0.2) is 43.0 Å². The summed E-state index contributed by atoms with van der Waals surface area (Å²) in [5.41, 5.74) is 8.04. The second-order valence-electron chi connectivity index (χ2n) is 10.6. The quantitative estimate of drug-likeness (QED) is 0.440. The Morgan fingerprint density at radius 2 is 1.77 bits per heavy atom. The molecule has 4 heterocycles. The minimum atomic E-state index is 0.104. The molecule has 0 saturated carbocycles. The van der Waals surface area contributed by atoms with Gasteiger partial charge in [-0.25, -0.2) is 9.97 Å².